The van der Waals surface area contributed by atoms with Crippen molar-refractivity contribution >= 4 is 5.97 Å². The van der Waals surface area contributed by atoms with Crippen molar-refractivity contribution in [2.24, 2.45) is 0 Å². The van der Waals surface area contributed by atoms with E-state index >= 15 is 0 Å². The van der Waals surface area contributed by atoms with E-state index in [-0.39, 0.29) is 5.56 Å². The molecule has 1 aromatic heterocycles. The van der Waals surface area contributed by atoms with Crippen molar-refractivity contribution in [3.63, 3.8) is 0 Å². The smallest absolute Gasteiger partial charge is 0.341 e. The summed E-state index contributed by atoms with van der Waals surface area (Å²) in [4.78, 5) is 12.9. The summed E-state index contributed by atoms with van der Waals surface area (Å²) in [7, 11) is 0. The molecule has 2 heterocycles. The number of nitrogens with zero attached hydrogens (tertiary/aromatic N) is 2. The summed E-state index contributed by atoms with van der Waals surface area (Å²) < 4.78 is 10.1. The maximum atomic E-state index is 10.8. The fourth-order valence-electron chi connectivity index (χ4n) is 1.51. The van der Waals surface area contributed by atoms with Gasteiger partial charge in [0, 0.05) is 13.1 Å². The van der Waals surface area contributed by atoms with Crippen molar-refractivity contribution in [3.8, 4) is 0 Å². The molecule has 6 nitrogen and oxygen atoms in total. The first-order valence-electron chi connectivity index (χ1n) is 4.74. The van der Waals surface area contributed by atoms with E-state index in [1.165, 1.54) is 6.20 Å². The van der Waals surface area contributed by atoms with Gasteiger partial charge < -0.3 is 14.4 Å². The van der Waals surface area contributed by atoms with Crippen LogP contribution in [-0.2, 0) is 11.3 Å². The van der Waals surface area contributed by atoms with Gasteiger partial charge >= 0.3 is 5.97 Å². The molecule has 1 aromatic rings. The number of aromatic carboxylic acids is 1. The fraction of sp³-hybridized carbons (Fsp3) is 0.556. The van der Waals surface area contributed by atoms with Crippen LogP contribution in [0.4, 0.5) is 0 Å². The molecule has 0 atom stereocenters. The molecule has 1 aliphatic rings. The Morgan fingerprint density at radius 3 is 2.93 bits per heavy atom. The summed E-state index contributed by atoms with van der Waals surface area (Å²) in [6.07, 6.45) is 1.23. The molecule has 0 bridgehead atoms. The molecule has 1 fully saturated rings. The molecular weight excluding hydrogens is 200 g/mol. The first-order valence-corrected chi connectivity index (χ1v) is 4.74. The first kappa shape index (κ1) is 10.1. The topological polar surface area (TPSA) is 75.8 Å². The summed E-state index contributed by atoms with van der Waals surface area (Å²) >= 11 is 0. The van der Waals surface area contributed by atoms with Crippen LogP contribution in [0.1, 0.15) is 16.1 Å². The number of carboxylic acids is 1. The molecule has 82 valence electrons. The van der Waals surface area contributed by atoms with Gasteiger partial charge in [0.2, 0.25) is 0 Å². The van der Waals surface area contributed by atoms with Crippen LogP contribution in [0.3, 0.4) is 0 Å². The number of rotatable bonds is 3. The number of morpholine rings is 1. The number of aromatic nitrogens is 1. The second kappa shape index (κ2) is 4.41. The Morgan fingerprint density at radius 2 is 2.27 bits per heavy atom. The van der Waals surface area contributed by atoms with Crippen LogP contribution >= 0.6 is 0 Å². The molecule has 1 aliphatic heterocycles. The van der Waals surface area contributed by atoms with Crippen molar-refractivity contribution in [2.45, 2.75) is 6.54 Å². The van der Waals surface area contributed by atoms with E-state index in [0.717, 1.165) is 13.1 Å². The quantitative estimate of drug-likeness (QED) is 0.771. The van der Waals surface area contributed by atoms with Crippen molar-refractivity contribution in [1.82, 2.24) is 10.1 Å². The minimum absolute atomic E-state index is 0.140. The molecule has 1 N–H and O–H groups in total. The molecule has 0 aliphatic carbocycles. The molecule has 0 unspecified atom stereocenters. The number of carbonyl (C=O) groups is 1. The molecule has 2 rings (SSSR count). The van der Waals surface area contributed by atoms with Gasteiger partial charge in [-0.3, -0.25) is 4.90 Å². The highest BCUT2D eigenvalue weighted by molar-refractivity contribution is 5.88. The maximum Gasteiger partial charge on any atom is 0.341 e. The van der Waals surface area contributed by atoms with E-state index in [1.807, 2.05) is 0 Å². The third-order valence-electron chi connectivity index (χ3n) is 2.35. The lowest BCUT2D eigenvalue weighted by Crippen LogP contribution is -2.35. The van der Waals surface area contributed by atoms with Gasteiger partial charge in [-0.25, -0.2) is 4.79 Å². The van der Waals surface area contributed by atoms with Gasteiger partial charge in [-0.05, 0) is 0 Å². The Labute approximate surface area is 86.4 Å². The van der Waals surface area contributed by atoms with E-state index in [4.69, 9.17) is 14.4 Å². The summed E-state index contributed by atoms with van der Waals surface area (Å²) in [6.45, 7) is 3.41. The van der Waals surface area contributed by atoms with Crippen LogP contribution < -0.4 is 0 Å². The van der Waals surface area contributed by atoms with Gasteiger partial charge in [0.1, 0.15) is 5.56 Å². The number of carboxylic acid groups (broad SMARTS) is 1. The molecule has 0 saturated carbocycles. The zero-order chi connectivity index (χ0) is 10.7. The molecule has 15 heavy (non-hydrogen) atoms. The van der Waals surface area contributed by atoms with Crippen molar-refractivity contribution in [3.05, 3.63) is 17.5 Å². The van der Waals surface area contributed by atoms with Gasteiger partial charge in [0.05, 0.1) is 26.0 Å². The lowest BCUT2D eigenvalue weighted by Gasteiger charge is -2.25. The average molecular weight is 212 g/mol. The molecule has 0 radical (unpaired) electrons. The molecule has 1 saturated heterocycles. The Balaban J connectivity index is 2.03. The Bertz CT molecular complexity index is 344. The third-order valence-corrected chi connectivity index (χ3v) is 2.35. The lowest BCUT2D eigenvalue weighted by molar-refractivity contribution is 0.0302. The van der Waals surface area contributed by atoms with Crippen LogP contribution in [0.25, 0.3) is 0 Å². The largest absolute Gasteiger partial charge is 0.478 e. The summed E-state index contributed by atoms with van der Waals surface area (Å²) in [5.41, 5.74) is 0.140. The fourth-order valence-corrected chi connectivity index (χ4v) is 1.51. The van der Waals surface area contributed by atoms with E-state index in [1.54, 1.807) is 0 Å². The Morgan fingerprint density at radius 1 is 1.53 bits per heavy atom. The third kappa shape index (κ3) is 2.34. The van der Waals surface area contributed by atoms with Crippen LogP contribution in [0.15, 0.2) is 10.7 Å². The van der Waals surface area contributed by atoms with E-state index in [2.05, 4.69) is 10.1 Å². The van der Waals surface area contributed by atoms with Gasteiger partial charge in [-0.1, -0.05) is 5.16 Å². The Hall–Kier alpha value is -1.40. The van der Waals surface area contributed by atoms with Crippen LogP contribution in [0.2, 0.25) is 0 Å². The summed E-state index contributed by atoms with van der Waals surface area (Å²) in [5.74, 6) is -0.594. The van der Waals surface area contributed by atoms with Gasteiger partial charge in [-0.2, -0.15) is 0 Å². The summed E-state index contributed by atoms with van der Waals surface area (Å²) in [5, 5.41) is 12.3. The SMILES string of the molecule is O=C(O)c1cnoc1CN1CCOCC1. The second-order valence-corrected chi connectivity index (χ2v) is 3.36. The minimum Gasteiger partial charge on any atom is -0.478 e. The van der Waals surface area contributed by atoms with Crippen molar-refractivity contribution < 1.29 is 19.2 Å². The predicted molar refractivity (Wildman–Crippen MR) is 49.6 cm³/mol. The maximum absolute atomic E-state index is 10.8. The predicted octanol–water partition coefficient (Wildman–Crippen LogP) is 0.205. The highest BCUT2D eigenvalue weighted by atomic mass is 16.5. The second-order valence-electron chi connectivity index (χ2n) is 3.36. The highest BCUT2D eigenvalue weighted by Crippen LogP contribution is 2.12. The Kier molecular flexibility index (Phi) is 2.98. The van der Waals surface area contributed by atoms with E-state index < -0.39 is 5.97 Å². The molecular formula is C9H12N2O4. The van der Waals surface area contributed by atoms with Crippen LogP contribution in [0.5, 0.6) is 0 Å². The summed E-state index contributed by atoms with van der Waals surface area (Å²) in [6, 6.07) is 0. The highest BCUT2D eigenvalue weighted by Gasteiger charge is 2.19. The molecule has 0 amide bonds. The average Bonchev–Trinajstić information content (AvgIpc) is 2.67. The standard InChI is InChI=1S/C9H12N2O4/c12-9(13)7-5-10-15-8(7)6-11-1-3-14-4-2-11/h5H,1-4,6H2,(H,12,13). The minimum atomic E-state index is -1.00. The lowest BCUT2D eigenvalue weighted by atomic mass is 10.2. The molecule has 6 heteroatoms. The van der Waals surface area contributed by atoms with Crippen molar-refractivity contribution in [2.75, 3.05) is 26.3 Å². The molecule has 0 aromatic carbocycles. The zero-order valence-corrected chi connectivity index (χ0v) is 8.18. The van der Waals surface area contributed by atoms with Gasteiger partial charge in [0.15, 0.2) is 5.76 Å². The first-order chi connectivity index (χ1) is 7.27. The van der Waals surface area contributed by atoms with Crippen molar-refractivity contribution in [1.29, 1.82) is 0 Å². The zero-order valence-electron chi connectivity index (χ0n) is 8.18. The van der Waals surface area contributed by atoms with Gasteiger partial charge in [0.25, 0.3) is 0 Å². The van der Waals surface area contributed by atoms with Gasteiger partial charge in [-0.15, -0.1) is 0 Å². The van der Waals surface area contributed by atoms with Crippen LogP contribution in [-0.4, -0.2) is 47.4 Å². The number of hydrogen-bond donors (Lipinski definition) is 1. The van der Waals surface area contributed by atoms with E-state index in [0.29, 0.717) is 25.5 Å². The number of ether oxygens (including phenoxy) is 1. The number of hydrogen-bond acceptors (Lipinski definition) is 5. The monoisotopic (exact) mass is 212 g/mol. The normalized spacial score (nSPS) is 17.9. The van der Waals surface area contributed by atoms with E-state index in [9.17, 15) is 4.79 Å². The van der Waals surface area contributed by atoms with Crippen LogP contribution in [0, 0.1) is 0 Å². The molecule has 0 spiro atoms.